The van der Waals surface area contributed by atoms with E-state index in [1.54, 1.807) is 0 Å². The summed E-state index contributed by atoms with van der Waals surface area (Å²) >= 11 is 1.22. The van der Waals surface area contributed by atoms with Crippen molar-refractivity contribution in [1.29, 1.82) is 0 Å². The number of ether oxygens (including phenoxy) is 1. The molecule has 0 heterocycles. The maximum Gasteiger partial charge on any atom is 0.407 e. The molecule has 1 atom stereocenters. The van der Waals surface area contributed by atoms with Gasteiger partial charge in [-0.1, -0.05) is 60.2 Å². The summed E-state index contributed by atoms with van der Waals surface area (Å²) in [6.07, 6.45) is 1.57. The minimum absolute atomic E-state index is 0.0188. The summed E-state index contributed by atoms with van der Waals surface area (Å²) in [6, 6.07) is 15.4. The molecule has 2 aromatic carbocycles. The van der Waals surface area contributed by atoms with Crippen LogP contribution in [0.4, 0.5) is 4.79 Å². The number of hydrogen-bond donors (Lipinski definition) is 3. The summed E-state index contributed by atoms with van der Waals surface area (Å²) < 4.78 is 5.58. The third-order valence-electron chi connectivity index (χ3n) is 5.49. The second-order valence-electron chi connectivity index (χ2n) is 8.28. The molecule has 3 rings (SSSR count). The van der Waals surface area contributed by atoms with E-state index in [1.165, 1.54) is 11.8 Å². The van der Waals surface area contributed by atoms with Gasteiger partial charge in [0.25, 0.3) is 0 Å². The summed E-state index contributed by atoms with van der Waals surface area (Å²) in [5, 5.41) is 14.1. The molecule has 7 nitrogen and oxygen atoms in total. The van der Waals surface area contributed by atoms with E-state index in [4.69, 9.17) is 9.84 Å². The molecule has 34 heavy (non-hydrogen) atoms. The molecule has 2 aromatic rings. The Labute approximate surface area is 204 Å². The topological polar surface area (TPSA) is 105 Å². The van der Waals surface area contributed by atoms with Crippen LogP contribution < -0.4 is 10.6 Å². The Morgan fingerprint density at radius 1 is 1.06 bits per heavy atom. The van der Waals surface area contributed by atoms with Crippen molar-refractivity contribution in [2.45, 2.75) is 32.2 Å². The molecule has 2 amide bonds. The number of carboxylic acids is 1. The number of fused-ring (bicyclic) bond motifs is 3. The Bertz CT molecular complexity index is 1020. The number of carbonyl (C=O) groups excluding carboxylic acids is 2. The van der Waals surface area contributed by atoms with Gasteiger partial charge in [-0.05, 0) is 42.5 Å². The van der Waals surface area contributed by atoms with Crippen LogP contribution in [0.5, 0.6) is 0 Å². The number of nitrogens with one attached hydrogen (secondary N) is 2. The first-order valence-electron chi connectivity index (χ1n) is 11.2. The van der Waals surface area contributed by atoms with E-state index in [1.807, 2.05) is 44.2 Å². The highest BCUT2D eigenvalue weighted by Crippen LogP contribution is 2.44. The number of aliphatic carboxylic acids is 1. The molecule has 0 aromatic heterocycles. The van der Waals surface area contributed by atoms with Gasteiger partial charge in [-0.2, -0.15) is 0 Å². The van der Waals surface area contributed by atoms with Gasteiger partial charge in [-0.25, -0.2) is 4.79 Å². The van der Waals surface area contributed by atoms with Gasteiger partial charge in [0.1, 0.15) is 12.6 Å². The van der Waals surface area contributed by atoms with Crippen molar-refractivity contribution in [3.05, 3.63) is 71.3 Å². The van der Waals surface area contributed by atoms with Crippen LogP contribution in [0.1, 0.15) is 37.3 Å². The van der Waals surface area contributed by atoms with Gasteiger partial charge >= 0.3 is 12.1 Å². The van der Waals surface area contributed by atoms with Crippen molar-refractivity contribution in [3.8, 4) is 11.1 Å². The fourth-order valence-corrected chi connectivity index (χ4v) is 4.46. The summed E-state index contributed by atoms with van der Waals surface area (Å²) in [4.78, 5) is 35.9. The van der Waals surface area contributed by atoms with E-state index in [2.05, 4.69) is 34.9 Å². The first-order valence-corrected chi connectivity index (χ1v) is 12.3. The Morgan fingerprint density at radius 3 is 2.26 bits per heavy atom. The quantitative estimate of drug-likeness (QED) is 0.328. The summed E-state index contributed by atoms with van der Waals surface area (Å²) in [7, 11) is 0. The van der Waals surface area contributed by atoms with Crippen molar-refractivity contribution in [1.82, 2.24) is 10.6 Å². The molecule has 0 saturated heterocycles. The molecule has 0 aliphatic heterocycles. The van der Waals surface area contributed by atoms with Gasteiger partial charge in [0.15, 0.2) is 0 Å². The van der Waals surface area contributed by atoms with Gasteiger partial charge in [0.2, 0.25) is 5.91 Å². The van der Waals surface area contributed by atoms with Crippen molar-refractivity contribution in [2.24, 2.45) is 0 Å². The first-order chi connectivity index (χ1) is 16.4. The number of thioether (sulfide) groups is 1. The Hall–Kier alpha value is -3.26. The molecular formula is C26H30N2O5S. The average Bonchev–Trinajstić information content (AvgIpc) is 3.13. The number of hydrogen-bond acceptors (Lipinski definition) is 5. The molecule has 1 aliphatic rings. The van der Waals surface area contributed by atoms with Crippen molar-refractivity contribution >= 4 is 29.7 Å². The van der Waals surface area contributed by atoms with E-state index < -0.39 is 18.1 Å². The second-order valence-corrected chi connectivity index (χ2v) is 9.38. The number of alkyl carbamates (subject to hydrolysis) is 1. The fraction of sp³-hybridized carbons (Fsp3) is 0.346. The lowest BCUT2D eigenvalue weighted by Crippen LogP contribution is -2.47. The van der Waals surface area contributed by atoms with Crippen LogP contribution in [0.25, 0.3) is 11.1 Å². The van der Waals surface area contributed by atoms with E-state index in [9.17, 15) is 14.4 Å². The summed E-state index contributed by atoms with van der Waals surface area (Å²) in [6.45, 7) is 4.33. The van der Waals surface area contributed by atoms with E-state index in [0.717, 1.165) is 27.8 Å². The molecular weight excluding hydrogens is 452 g/mol. The molecule has 0 radical (unpaired) electrons. The van der Waals surface area contributed by atoms with Gasteiger partial charge in [-0.15, -0.1) is 11.8 Å². The molecule has 0 saturated carbocycles. The van der Waals surface area contributed by atoms with Crippen molar-refractivity contribution in [3.63, 3.8) is 0 Å². The van der Waals surface area contributed by atoms with Gasteiger partial charge in [0.05, 0.1) is 5.75 Å². The lowest BCUT2D eigenvalue weighted by atomic mass is 9.98. The van der Waals surface area contributed by atoms with Crippen LogP contribution in [-0.4, -0.2) is 53.8 Å². The van der Waals surface area contributed by atoms with Gasteiger partial charge in [-0.3, -0.25) is 9.59 Å². The highest BCUT2D eigenvalue weighted by molar-refractivity contribution is 7.99. The van der Waals surface area contributed by atoms with Crippen LogP contribution in [0.3, 0.4) is 0 Å². The lowest BCUT2D eigenvalue weighted by Gasteiger charge is -2.19. The lowest BCUT2D eigenvalue weighted by molar-refractivity contribution is -0.133. The largest absolute Gasteiger partial charge is 0.481 e. The number of allylic oxidation sites excluding steroid dienone is 1. The minimum atomic E-state index is -0.894. The van der Waals surface area contributed by atoms with E-state index in [-0.39, 0.29) is 24.2 Å². The average molecular weight is 483 g/mol. The molecule has 1 aliphatic carbocycles. The predicted octanol–water partition coefficient (Wildman–Crippen LogP) is 4.18. The molecule has 0 fully saturated rings. The number of carbonyl (C=O) groups is 3. The molecule has 8 heteroatoms. The van der Waals surface area contributed by atoms with Crippen LogP contribution in [0.2, 0.25) is 0 Å². The Balaban J connectivity index is 1.58. The van der Waals surface area contributed by atoms with Crippen LogP contribution >= 0.6 is 11.8 Å². The zero-order valence-corrected chi connectivity index (χ0v) is 20.2. The third kappa shape index (κ3) is 6.87. The SMILES string of the molecule is CC(C)=CCC(NC(=O)OCC1c2ccccc2-c2ccccc21)C(=O)NCCSCC(=O)O. The van der Waals surface area contributed by atoms with Crippen molar-refractivity contribution in [2.75, 3.05) is 24.7 Å². The fourth-order valence-electron chi connectivity index (χ4n) is 3.90. The molecule has 180 valence electrons. The van der Waals surface area contributed by atoms with Crippen LogP contribution in [0, 0.1) is 0 Å². The zero-order valence-electron chi connectivity index (χ0n) is 19.4. The smallest absolute Gasteiger partial charge is 0.407 e. The highest BCUT2D eigenvalue weighted by atomic mass is 32.2. The molecule has 0 bridgehead atoms. The number of amides is 2. The monoisotopic (exact) mass is 482 g/mol. The number of carboxylic acid groups (broad SMARTS) is 1. The van der Waals surface area contributed by atoms with Gasteiger partial charge in [0, 0.05) is 18.2 Å². The van der Waals surface area contributed by atoms with Gasteiger partial charge < -0.3 is 20.5 Å². The zero-order chi connectivity index (χ0) is 24.5. The maximum absolute atomic E-state index is 12.6. The van der Waals surface area contributed by atoms with Crippen LogP contribution in [0.15, 0.2) is 60.2 Å². The normalized spacial score (nSPS) is 12.8. The second kappa shape index (κ2) is 12.3. The van der Waals surface area contributed by atoms with E-state index >= 15 is 0 Å². The minimum Gasteiger partial charge on any atom is -0.481 e. The molecule has 3 N–H and O–H groups in total. The predicted molar refractivity (Wildman–Crippen MR) is 134 cm³/mol. The maximum atomic E-state index is 12.6. The van der Waals surface area contributed by atoms with E-state index in [0.29, 0.717) is 18.7 Å². The number of rotatable bonds is 11. The van der Waals surface area contributed by atoms with Crippen LogP contribution in [-0.2, 0) is 14.3 Å². The van der Waals surface area contributed by atoms with Crippen molar-refractivity contribution < 1.29 is 24.2 Å². The highest BCUT2D eigenvalue weighted by Gasteiger charge is 2.29. The molecule has 0 spiro atoms. The summed E-state index contributed by atoms with van der Waals surface area (Å²) in [5.74, 6) is -0.834. The first kappa shape index (κ1) is 25.4. The summed E-state index contributed by atoms with van der Waals surface area (Å²) in [5.41, 5.74) is 5.56. The standard InChI is InChI=1S/C26H30N2O5S/c1-17(2)11-12-23(25(31)27-13-14-34-16-24(29)30)28-26(32)33-15-22-20-9-5-3-7-18(20)19-8-4-6-10-21(19)22/h3-11,22-23H,12-16H2,1-2H3,(H,27,31)(H,28,32)(H,29,30). The third-order valence-corrected chi connectivity index (χ3v) is 6.43. The Morgan fingerprint density at radius 2 is 1.68 bits per heavy atom. The Kier molecular flexibility index (Phi) is 9.16. The number of benzene rings is 2. The molecule has 1 unspecified atom stereocenters.